The van der Waals surface area contributed by atoms with E-state index < -0.39 is 5.92 Å². The van der Waals surface area contributed by atoms with Gasteiger partial charge < -0.3 is 10.2 Å². The van der Waals surface area contributed by atoms with Crippen molar-refractivity contribution in [3.05, 3.63) is 57.8 Å². The molecule has 2 heterocycles. The number of amides is 2. The van der Waals surface area contributed by atoms with Crippen LogP contribution in [0.5, 0.6) is 0 Å². The van der Waals surface area contributed by atoms with Crippen LogP contribution < -0.4 is 5.32 Å². The molecule has 0 radical (unpaired) electrons. The van der Waals surface area contributed by atoms with Crippen LogP contribution in [0.2, 0.25) is 0 Å². The second-order valence-corrected chi connectivity index (χ2v) is 8.52. The molecule has 0 spiro atoms. The number of benzene rings is 1. The van der Waals surface area contributed by atoms with Crippen LogP contribution >= 0.6 is 11.3 Å². The summed E-state index contributed by atoms with van der Waals surface area (Å²) in [6.07, 6.45) is 0. The van der Waals surface area contributed by atoms with Crippen LogP contribution in [0.4, 0.5) is 0 Å². The average Bonchev–Trinajstić information content (AvgIpc) is 3.10. The van der Waals surface area contributed by atoms with Crippen LogP contribution in [-0.2, 0) is 4.79 Å². The molecular formula is C21H26N2O2S. The molecular weight excluding hydrogens is 344 g/mol. The van der Waals surface area contributed by atoms with Crippen LogP contribution in [0.25, 0.3) is 0 Å². The average molecular weight is 371 g/mol. The van der Waals surface area contributed by atoms with E-state index in [1.165, 1.54) is 0 Å². The molecule has 1 aliphatic rings. The maximum Gasteiger partial charge on any atom is 0.254 e. The van der Waals surface area contributed by atoms with Crippen molar-refractivity contribution in [2.24, 2.45) is 5.92 Å². The molecule has 0 fully saturated rings. The molecule has 2 atom stereocenters. The molecule has 1 N–H and O–H groups in total. The molecule has 0 unspecified atom stereocenters. The molecule has 3 rings (SSSR count). The number of thiophene rings is 1. The van der Waals surface area contributed by atoms with Crippen molar-refractivity contribution in [3.8, 4) is 0 Å². The third-order valence-electron chi connectivity index (χ3n) is 4.55. The van der Waals surface area contributed by atoms with Crippen LogP contribution in [0.15, 0.2) is 41.8 Å². The van der Waals surface area contributed by atoms with E-state index in [0.29, 0.717) is 18.0 Å². The van der Waals surface area contributed by atoms with Gasteiger partial charge in [-0.05, 0) is 42.8 Å². The molecule has 0 saturated heterocycles. The Balaban J connectivity index is 2.16. The first kappa shape index (κ1) is 18.6. The van der Waals surface area contributed by atoms with Crippen molar-refractivity contribution >= 4 is 23.2 Å². The first-order valence-electron chi connectivity index (χ1n) is 9.13. The predicted molar refractivity (Wildman–Crippen MR) is 105 cm³/mol. The Hall–Kier alpha value is -2.14. The van der Waals surface area contributed by atoms with E-state index in [0.717, 1.165) is 10.4 Å². The lowest BCUT2D eigenvalue weighted by Crippen LogP contribution is -2.49. The first-order valence-corrected chi connectivity index (χ1v) is 10.0. The highest BCUT2D eigenvalue weighted by atomic mass is 32.1. The van der Waals surface area contributed by atoms with Gasteiger partial charge in [-0.3, -0.25) is 9.59 Å². The molecule has 1 aliphatic heterocycles. The van der Waals surface area contributed by atoms with Gasteiger partial charge in [-0.25, -0.2) is 0 Å². The van der Waals surface area contributed by atoms with E-state index in [4.69, 9.17) is 0 Å². The number of nitrogens with zero attached hydrogens (tertiary/aromatic N) is 1. The number of rotatable bonds is 5. The van der Waals surface area contributed by atoms with Crippen molar-refractivity contribution in [2.75, 3.05) is 6.54 Å². The Bertz CT molecular complexity index is 783. The number of hydrogen-bond acceptors (Lipinski definition) is 3. The predicted octanol–water partition coefficient (Wildman–Crippen LogP) is 4.21. The zero-order valence-electron chi connectivity index (χ0n) is 15.7. The lowest BCUT2D eigenvalue weighted by Gasteiger charge is -2.42. The Morgan fingerprint density at radius 1 is 1.15 bits per heavy atom. The van der Waals surface area contributed by atoms with Gasteiger partial charge in [0, 0.05) is 23.0 Å². The minimum atomic E-state index is -0.399. The smallest absolute Gasteiger partial charge is 0.254 e. The highest BCUT2D eigenvalue weighted by molar-refractivity contribution is 7.10. The van der Waals surface area contributed by atoms with E-state index in [1.807, 2.05) is 60.5 Å². The van der Waals surface area contributed by atoms with Crippen molar-refractivity contribution in [1.29, 1.82) is 0 Å². The number of hydrogen-bond donors (Lipinski definition) is 1. The zero-order valence-corrected chi connectivity index (χ0v) is 16.5. The Morgan fingerprint density at radius 2 is 1.88 bits per heavy atom. The van der Waals surface area contributed by atoms with Crippen molar-refractivity contribution < 1.29 is 9.59 Å². The van der Waals surface area contributed by atoms with Gasteiger partial charge in [-0.15, -0.1) is 11.3 Å². The lowest BCUT2D eigenvalue weighted by molar-refractivity contribution is -0.124. The summed E-state index contributed by atoms with van der Waals surface area (Å²) in [6.45, 7) is 8.75. The molecule has 2 aromatic rings. The van der Waals surface area contributed by atoms with Gasteiger partial charge >= 0.3 is 0 Å². The fraction of sp³-hybridized carbons (Fsp3) is 0.429. The minimum Gasteiger partial charge on any atom is -0.353 e. The molecule has 2 amide bonds. The Labute approximate surface area is 159 Å². The maximum absolute atomic E-state index is 13.2. The van der Waals surface area contributed by atoms with Crippen molar-refractivity contribution in [2.45, 2.75) is 45.7 Å². The summed E-state index contributed by atoms with van der Waals surface area (Å²) < 4.78 is 0. The summed E-state index contributed by atoms with van der Waals surface area (Å²) in [6, 6.07) is 11.3. The highest BCUT2D eigenvalue weighted by Gasteiger charge is 2.44. The van der Waals surface area contributed by atoms with Gasteiger partial charge in [0.1, 0.15) is 0 Å². The maximum atomic E-state index is 13.2. The first-order chi connectivity index (χ1) is 12.4. The molecule has 26 heavy (non-hydrogen) atoms. The molecule has 0 aliphatic carbocycles. The summed E-state index contributed by atoms with van der Waals surface area (Å²) in [5.74, 6) is -0.0856. The monoisotopic (exact) mass is 370 g/mol. The van der Waals surface area contributed by atoms with Gasteiger partial charge in [-0.2, -0.15) is 0 Å². The summed E-state index contributed by atoms with van der Waals surface area (Å²) in [7, 11) is 0. The van der Waals surface area contributed by atoms with E-state index >= 15 is 0 Å². The number of fused-ring (bicyclic) bond motifs is 1. The molecule has 0 saturated carbocycles. The minimum absolute atomic E-state index is 0.0151. The molecule has 1 aromatic carbocycles. The largest absolute Gasteiger partial charge is 0.353 e. The zero-order chi connectivity index (χ0) is 18.8. The number of nitrogens with one attached hydrogen (secondary N) is 1. The molecule has 4 nitrogen and oxygen atoms in total. The van der Waals surface area contributed by atoms with E-state index in [1.54, 1.807) is 11.3 Å². The van der Waals surface area contributed by atoms with E-state index in [-0.39, 0.29) is 23.9 Å². The normalized spacial score (nSPS) is 19.8. The van der Waals surface area contributed by atoms with Gasteiger partial charge in [0.05, 0.1) is 12.0 Å². The third-order valence-corrected chi connectivity index (χ3v) is 5.49. The van der Waals surface area contributed by atoms with Gasteiger partial charge in [-0.1, -0.05) is 38.1 Å². The van der Waals surface area contributed by atoms with Gasteiger partial charge in [0.2, 0.25) is 5.91 Å². The summed E-state index contributed by atoms with van der Waals surface area (Å²) >= 11 is 1.60. The van der Waals surface area contributed by atoms with Crippen LogP contribution in [-0.4, -0.2) is 29.3 Å². The third kappa shape index (κ3) is 3.54. The molecule has 138 valence electrons. The Morgan fingerprint density at radius 3 is 2.50 bits per heavy atom. The Kier molecular flexibility index (Phi) is 5.47. The summed E-state index contributed by atoms with van der Waals surface area (Å²) in [5, 5.41) is 5.07. The quantitative estimate of drug-likeness (QED) is 0.857. The lowest BCUT2D eigenvalue weighted by atomic mass is 9.81. The van der Waals surface area contributed by atoms with Crippen molar-refractivity contribution in [3.63, 3.8) is 0 Å². The molecule has 1 aromatic heterocycles. The van der Waals surface area contributed by atoms with Gasteiger partial charge in [0.15, 0.2) is 0 Å². The topological polar surface area (TPSA) is 49.4 Å². The summed E-state index contributed by atoms with van der Waals surface area (Å²) in [4.78, 5) is 29.4. The second kappa shape index (κ2) is 7.62. The van der Waals surface area contributed by atoms with Crippen molar-refractivity contribution in [1.82, 2.24) is 10.2 Å². The van der Waals surface area contributed by atoms with Gasteiger partial charge in [0.25, 0.3) is 5.91 Å². The van der Waals surface area contributed by atoms with E-state index in [9.17, 15) is 9.59 Å². The second-order valence-electron chi connectivity index (χ2n) is 7.54. The fourth-order valence-electron chi connectivity index (χ4n) is 3.62. The molecule has 5 heteroatoms. The fourth-order valence-corrected chi connectivity index (χ4v) is 4.49. The van der Waals surface area contributed by atoms with E-state index in [2.05, 4.69) is 19.2 Å². The SMILES string of the molecule is CC(C)CN1C(=O)c2ccccc2[C@@H](C(=O)NC(C)C)[C@@H]1c1cccs1. The van der Waals surface area contributed by atoms with Crippen LogP contribution in [0, 0.1) is 5.92 Å². The van der Waals surface area contributed by atoms with Crippen LogP contribution in [0.1, 0.15) is 60.5 Å². The standard InChI is InChI=1S/C21H26N2O2S/c1-13(2)12-23-19(17-10-7-11-26-17)18(20(24)22-14(3)4)15-8-5-6-9-16(15)21(23)25/h5-11,13-14,18-19H,12H2,1-4H3,(H,22,24)/t18-,19+/m1/s1. The van der Waals surface area contributed by atoms with Crippen LogP contribution in [0.3, 0.4) is 0 Å². The number of carbonyl (C=O) groups is 2. The number of carbonyl (C=O) groups excluding carboxylic acids is 2. The summed E-state index contributed by atoms with van der Waals surface area (Å²) in [5.41, 5.74) is 1.47. The molecule has 0 bridgehead atoms. The highest BCUT2D eigenvalue weighted by Crippen LogP contribution is 2.44.